The van der Waals surface area contributed by atoms with Gasteiger partial charge in [-0.3, -0.25) is 9.10 Å². The Morgan fingerprint density at radius 2 is 1.92 bits per heavy atom. The van der Waals surface area contributed by atoms with Gasteiger partial charge in [0.15, 0.2) is 0 Å². The van der Waals surface area contributed by atoms with Crippen LogP contribution in [0.2, 0.25) is 0 Å². The number of aromatic nitrogens is 1. The first-order valence-corrected chi connectivity index (χ1v) is 13.4. The van der Waals surface area contributed by atoms with Crippen LogP contribution in [0.25, 0.3) is 17.2 Å². The van der Waals surface area contributed by atoms with E-state index in [-0.39, 0.29) is 37.9 Å². The molecule has 0 amide bonds. The summed E-state index contributed by atoms with van der Waals surface area (Å²) < 4.78 is 45.9. The summed E-state index contributed by atoms with van der Waals surface area (Å²) in [5.74, 6) is -1.52. The molecule has 1 aromatic carbocycles. The van der Waals surface area contributed by atoms with Crippen molar-refractivity contribution in [2.24, 2.45) is 0 Å². The lowest BCUT2D eigenvalue weighted by Gasteiger charge is -2.26. The average molecular weight is 523 g/mol. The van der Waals surface area contributed by atoms with Gasteiger partial charge >= 0.3 is 5.97 Å². The minimum atomic E-state index is -3.68. The lowest BCUT2D eigenvalue weighted by atomic mass is 9.90. The number of aliphatic hydroxyl groups excluding tert-OH is 2. The topological polar surface area (TPSA) is 137 Å². The van der Waals surface area contributed by atoms with Gasteiger partial charge in [0.05, 0.1) is 50.3 Å². The number of carboxylic acids is 1. The van der Waals surface area contributed by atoms with Crippen molar-refractivity contribution in [2.45, 2.75) is 51.4 Å². The number of halogens is 1. The van der Waals surface area contributed by atoms with Gasteiger partial charge in [0.2, 0.25) is 10.0 Å². The lowest BCUT2D eigenvalue weighted by molar-refractivity contribution is -0.139. The fourth-order valence-corrected chi connectivity index (χ4v) is 5.01. The molecule has 196 valence electrons. The Morgan fingerprint density at radius 3 is 2.50 bits per heavy atom. The molecule has 0 saturated carbocycles. The molecular formula is C25H31FN2O7S. The maximum absolute atomic E-state index is 13.8. The Kier molecular flexibility index (Phi) is 8.83. The van der Waals surface area contributed by atoms with Gasteiger partial charge in [-0.25, -0.2) is 17.8 Å². The minimum Gasteiger partial charge on any atom is -0.481 e. The number of ether oxygens (including phenoxy) is 1. The minimum absolute atomic E-state index is 0.0696. The molecular weight excluding hydrogens is 491 g/mol. The van der Waals surface area contributed by atoms with Crippen LogP contribution in [0.15, 0.2) is 30.3 Å². The van der Waals surface area contributed by atoms with Gasteiger partial charge in [0.1, 0.15) is 11.6 Å². The van der Waals surface area contributed by atoms with Gasteiger partial charge in [-0.05, 0) is 29.2 Å². The highest BCUT2D eigenvalue weighted by Crippen LogP contribution is 2.40. The fourth-order valence-electron chi connectivity index (χ4n) is 4.14. The van der Waals surface area contributed by atoms with Gasteiger partial charge < -0.3 is 20.1 Å². The van der Waals surface area contributed by atoms with Crippen molar-refractivity contribution in [1.82, 2.24) is 4.98 Å². The van der Waals surface area contributed by atoms with E-state index in [2.05, 4.69) is 0 Å². The molecule has 9 nitrogen and oxygen atoms in total. The predicted molar refractivity (Wildman–Crippen MR) is 133 cm³/mol. The molecule has 0 fully saturated rings. The highest BCUT2D eigenvalue weighted by atomic mass is 32.2. The second kappa shape index (κ2) is 11.5. The number of carboxylic acid groups (broad SMARTS) is 1. The maximum Gasteiger partial charge on any atom is 0.305 e. The summed E-state index contributed by atoms with van der Waals surface area (Å²) in [6, 6.07) is 5.76. The van der Waals surface area contributed by atoms with Crippen molar-refractivity contribution in [2.75, 3.05) is 23.7 Å². The Hall–Kier alpha value is -2.86. The van der Waals surface area contributed by atoms with Crippen molar-refractivity contribution in [3.05, 3.63) is 53.0 Å². The Labute approximate surface area is 209 Å². The monoisotopic (exact) mass is 522 g/mol. The zero-order chi connectivity index (χ0) is 26.6. The lowest BCUT2D eigenvalue weighted by Crippen LogP contribution is -2.33. The number of carbonyl (C=O) groups is 1. The molecule has 3 N–H and O–H groups in total. The molecule has 1 aromatic heterocycles. The van der Waals surface area contributed by atoms with Crippen LogP contribution in [0.5, 0.6) is 0 Å². The normalized spacial score (nSPS) is 16.1. The molecule has 0 aliphatic carbocycles. The summed E-state index contributed by atoms with van der Waals surface area (Å²) >= 11 is 0. The largest absolute Gasteiger partial charge is 0.481 e. The smallest absolute Gasteiger partial charge is 0.305 e. The van der Waals surface area contributed by atoms with Gasteiger partial charge in [0, 0.05) is 17.5 Å². The molecule has 1 aliphatic rings. The summed E-state index contributed by atoms with van der Waals surface area (Å²) in [7, 11) is -3.68. The average Bonchev–Trinajstić information content (AvgIpc) is 2.99. The van der Waals surface area contributed by atoms with Crippen molar-refractivity contribution in [1.29, 1.82) is 0 Å². The van der Waals surface area contributed by atoms with Crippen LogP contribution in [0, 0.1) is 5.82 Å². The second-order valence-corrected chi connectivity index (χ2v) is 11.0. The zero-order valence-corrected chi connectivity index (χ0v) is 21.2. The molecule has 2 heterocycles. The van der Waals surface area contributed by atoms with E-state index >= 15 is 0 Å². The van der Waals surface area contributed by atoms with E-state index in [0.29, 0.717) is 27.9 Å². The van der Waals surface area contributed by atoms with Crippen LogP contribution < -0.4 is 4.31 Å². The van der Waals surface area contributed by atoms with Crippen LogP contribution >= 0.6 is 0 Å². The van der Waals surface area contributed by atoms with Crippen molar-refractivity contribution < 1.29 is 37.7 Å². The number of nitrogens with zero attached hydrogens (tertiary/aromatic N) is 2. The van der Waals surface area contributed by atoms with Crippen molar-refractivity contribution in [3.63, 3.8) is 0 Å². The first-order valence-electron chi connectivity index (χ1n) is 11.5. The quantitative estimate of drug-likeness (QED) is 0.457. The third-order valence-corrected chi connectivity index (χ3v) is 6.91. The van der Waals surface area contributed by atoms with E-state index < -0.39 is 40.4 Å². The number of fused-ring (bicyclic) bond motifs is 1. The molecule has 3 rings (SSSR count). The fraction of sp³-hybridized carbons (Fsp3) is 0.440. The third kappa shape index (κ3) is 6.67. The molecule has 2 atom stereocenters. The van der Waals surface area contributed by atoms with Crippen LogP contribution in [0.1, 0.15) is 49.4 Å². The SMILES string of the molecule is CC(C)c1nc2c(c(-c3ccc(F)cc3)c1C=CC(O)CC(O)CC(=O)O)COCCN2S(C)(=O)=O. The van der Waals surface area contributed by atoms with E-state index in [1.165, 1.54) is 22.5 Å². The van der Waals surface area contributed by atoms with Crippen LogP contribution in [-0.2, 0) is 26.2 Å². The number of rotatable bonds is 9. The molecule has 2 aromatic rings. The molecule has 0 bridgehead atoms. The Balaban J connectivity index is 2.23. The maximum atomic E-state index is 13.8. The number of hydrogen-bond acceptors (Lipinski definition) is 7. The number of aliphatic carboxylic acids is 1. The number of anilines is 1. The Morgan fingerprint density at radius 1 is 1.25 bits per heavy atom. The number of pyridine rings is 1. The highest BCUT2D eigenvalue weighted by Gasteiger charge is 2.30. The van der Waals surface area contributed by atoms with Crippen molar-refractivity contribution >= 4 is 27.9 Å². The molecule has 0 spiro atoms. The Bertz CT molecular complexity index is 1230. The van der Waals surface area contributed by atoms with E-state index in [1.807, 2.05) is 13.8 Å². The van der Waals surface area contributed by atoms with Gasteiger partial charge in [0.25, 0.3) is 0 Å². The molecule has 0 radical (unpaired) electrons. The molecule has 1 aliphatic heterocycles. The summed E-state index contributed by atoms with van der Waals surface area (Å²) in [5, 5.41) is 29.2. The van der Waals surface area contributed by atoms with Gasteiger partial charge in [-0.15, -0.1) is 0 Å². The van der Waals surface area contributed by atoms with Crippen LogP contribution in [0.3, 0.4) is 0 Å². The molecule has 0 saturated heterocycles. The number of aliphatic hydroxyl groups is 2. The van der Waals surface area contributed by atoms with Crippen LogP contribution in [0.4, 0.5) is 10.2 Å². The molecule has 36 heavy (non-hydrogen) atoms. The van der Waals surface area contributed by atoms with Gasteiger partial charge in [-0.2, -0.15) is 0 Å². The van der Waals surface area contributed by atoms with Crippen LogP contribution in [-0.4, -0.2) is 66.3 Å². The standard InChI is InChI=1S/C25H31FN2O7S/c1-15(2)24-20(9-8-18(29)12-19(30)13-22(31)32)23(16-4-6-17(26)7-5-16)21-14-35-11-10-28(25(21)27-24)36(3,33)34/h4-9,15,18-19,29-30H,10-14H2,1-3H3,(H,31,32). The summed E-state index contributed by atoms with van der Waals surface area (Å²) in [6.07, 6.45) is 1.09. The van der Waals surface area contributed by atoms with E-state index in [4.69, 9.17) is 14.8 Å². The zero-order valence-electron chi connectivity index (χ0n) is 20.4. The summed E-state index contributed by atoms with van der Waals surface area (Å²) in [5.41, 5.74) is 2.85. The summed E-state index contributed by atoms with van der Waals surface area (Å²) in [4.78, 5) is 15.6. The van der Waals surface area contributed by atoms with E-state index in [9.17, 15) is 27.8 Å². The molecule has 2 unspecified atom stereocenters. The first kappa shape index (κ1) is 27.7. The van der Waals surface area contributed by atoms with Gasteiger partial charge in [-0.1, -0.05) is 38.1 Å². The number of benzene rings is 1. The number of hydrogen-bond donors (Lipinski definition) is 3. The number of sulfonamides is 1. The first-order chi connectivity index (χ1) is 16.9. The third-order valence-electron chi connectivity index (χ3n) is 5.75. The van der Waals surface area contributed by atoms with E-state index in [0.717, 1.165) is 6.26 Å². The van der Waals surface area contributed by atoms with E-state index in [1.54, 1.807) is 18.2 Å². The predicted octanol–water partition coefficient (Wildman–Crippen LogP) is 2.91. The highest BCUT2D eigenvalue weighted by molar-refractivity contribution is 7.92. The second-order valence-electron chi connectivity index (χ2n) is 9.05. The molecule has 11 heteroatoms. The van der Waals surface area contributed by atoms with Crippen molar-refractivity contribution in [3.8, 4) is 11.1 Å². The summed E-state index contributed by atoms with van der Waals surface area (Å²) in [6.45, 7) is 4.11.